The third-order valence-electron chi connectivity index (χ3n) is 7.59. The number of phosphoric acid groups is 1. The Morgan fingerprint density at radius 1 is 0.978 bits per heavy atom. The van der Waals surface area contributed by atoms with E-state index in [1.54, 1.807) is 0 Å². The molecule has 248 valence electrons. The van der Waals surface area contributed by atoms with E-state index in [1.165, 1.54) is 17.8 Å². The lowest BCUT2D eigenvalue weighted by molar-refractivity contribution is -0.0631. The first-order valence-electron chi connectivity index (χ1n) is 13.5. The summed E-state index contributed by atoms with van der Waals surface area (Å²) in [5.41, 5.74) is 5.42. The minimum atomic E-state index is -5.09. The largest absolute Gasteiger partial charge is 0.472 e. The second-order valence-electron chi connectivity index (χ2n) is 10.7. The summed E-state index contributed by atoms with van der Waals surface area (Å²) in [6.45, 7) is -0.0476. The summed E-state index contributed by atoms with van der Waals surface area (Å²) < 4.78 is 77.3. The van der Waals surface area contributed by atoms with Crippen molar-refractivity contribution in [3.8, 4) is 0 Å². The molecule has 4 aromatic heterocycles. The molecule has 4 unspecified atom stereocenters. The van der Waals surface area contributed by atoms with Gasteiger partial charge < -0.3 is 44.3 Å². The molecule has 46 heavy (non-hydrogen) atoms. The number of aromatic amines is 1. The van der Waals surface area contributed by atoms with Crippen LogP contribution in [0.25, 0.3) is 22.3 Å². The number of nitrogens with two attached hydrogens (primary N) is 1. The zero-order valence-corrected chi connectivity index (χ0v) is 25.3. The van der Waals surface area contributed by atoms with Gasteiger partial charge in [-0.15, -0.1) is 0 Å². The zero-order chi connectivity index (χ0) is 32.5. The number of phosphoric ester groups is 1. The van der Waals surface area contributed by atoms with Gasteiger partial charge in [-0.1, -0.05) is 0 Å². The first-order chi connectivity index (χ1) is 21.8. The van der Waals surface area contributed by atoms with E-state index in [9.17, 15) is 28.8 Å². The maximum Gasteiger partial charge on any atom is 0.472 e. The minimum Gasteiger partial charge on any atom is -0.387 e. The van der Waals surface area contributed by atoms with Crippen LogP contribution in [0.5, 0.6) is 0 Å². The maximum atomic E-state index is 16.0. The van der Waals surface area contributed by atoms with Crippen molar-refractivity contribution in [2.45, 2.75) is 56.1 Å². The summed E-state index contributed by atoms with van der Waals surface area (Å²) in [5.74, 6) is 0.230. The summed E-state index contributed by atoms with van der Waals surface area (Å²) in [6.07, 6.45) is -10.5. The Bertz CT molecular complexity index is 1960. The number of nitrogens with one attached hydrogen (secondary N) is 1. The molecule has 3 aliphatic heterocycles. The molecule has 0 amide bonds. The van der Waals surface area contributed by atoms with Gasteiger partial charge in [0.2, 0.25) is 0 Å². The summed E-state index contributed by atoms with van der Waals surface area (Å²) in [7, 11) is -9.73. The van der Waals surface area contributed by atoms with Crippen LogP contribution in [0, 0.1) is 6.92 Å². The van der Waals surface area contributed by atoms with Gasteiger partial charge in [0, 0.05) is 0 Å². The van der Waals surface area contributed by atoms with Gasteiger partial charge >= 0.3 is 15.4 Å². The number of imidazole rings is 2. The van der Waals surface area contributed by atoms with E-state index < -0.39 is 89.7 Å². The number of aliphatic hydroxyl groups excluding tert-OH is 1. The molecule has 6 N–H and O–H groups in total. The highest BCUT2D eigenvalue weighted by atomic mass is 31.2. The Kier molecular flexibility index (Phi) is 7.81. The predicted octanol–water partition coefficient (Wildman–Crippen LogP) is -0.596. The van der Waals surface area contributed by atoms with Crippen molar-refractivity contribution in [3.63, 3.8) is 0 Å². The highest BCUT2D eigenvalue weighted by Crippen LogP contribution is 2.52. The van der Waals surface area contributed by atoms with Gasteiger partial charge in [-0.05, 0) is 6.92 Å². The molecule has 0 aliphatic carbocycles. The van der Waals surface area contributed by atoms with E-state index in [0.717, 1.165) is 17.2 Å². The van der Waals surface area contributed by atoms with E-state index in [-0.39, 0.29) is 34.0 Å². The molecule has 7 heterocycles. The monoisotopic (exact) mass is 689 g/mol. The number of nitrogen functional groups attached to an aromatic ring is 1. The fourth-order valence-corrected chi connectivity index (χ4v) is 7.23. The van der Waals surface area contributed by atoms with E-state index in [2.05, 4.69) is 29.9 Å². The molecule has 10 atom stereocenters. The first kappa shape index (κ1) is 31.3. The fourth-order valence-electron chi connectivity index (χ4n) is 5.48. The molecule has 3 fully saturated rings. The molecule has 4 aromatic rings. The van der Waals surface area contributed by atoms with Crippen molar-refractivity contribution in [2.75, 3.05) is 25.3 Å². The lowest BCUT2D eigenvalue weighted by Gasteiger charge is -2.26. The number of aryl methyl sites for hydroxylation is 1. The Labute approximate surface area is 255 Å². The molecule has 3 saturated heterocycles. The van der Waals surface area contributed by atoms with Crippen molar-refractivity contribution in [3.05, 3.63) is 35.2 Å². The topological polar surface area (TPSA) is 283 Å². The van der Waals surface area contributed by atoms with Crippen LogP contribution in [0.1, 0.15) is 18.3 Å². The summed E-state index contributed by atoms with van der Waals surface area (Å²) in [5, 5.41) is 11.0. The van der Waals surface area contributed by atoms with E-state index >= 15 is 4.39 Å². The van der Waals surface area contributed by atoms with Crippen LogP contribution in [0.2, 0.25) is 0 Å². The molecule has 0 radical (unpaired) electrons. The normalized spacial score (nSPS) is 37.4. The van der Waals surface area contributed by atoms with Crippen LogP contribution < -0.4 is 11.3 Å². The Morgan fingerprint density at radius 2 is 1.67 bits per heavy atom. The van der Waals surface area contributed by atoms with Gasteiger partial charge in [-0.3, -0.25) is 27.5 Å². The van der Waals surface area contributed by atoms with Gasteiger partial charge in [0.25, 0.3) is 5.56 Å². The van der Waals surface area contributed by atoms with Crippen LogP contribution >= 0.6 is 15.4 Å². The number of hydrogen-bond donors (Lipinski definition) is 5. The van der Waals surface area contributed by atoms with Gasteiger partial charge in [0.15, 0.2) is 41.3 Å². The van der Waals surface area contributed by atoms with Gasteiger partial charge in [-0.2, -0.15) is 0 Å². The average Bonchev–Trinajstić information content (AvgIpc) is 3.75. The minimum absolute atomic E-state index is 0.0208. The third-order valence-corrected chi connectivity index (χ3v) is 9.61. The van der Waals surface area contributed by atoms with E-state index in [1.807, 2.05) is 0 Å². The number of fused-ring (bicyclic) bond motifs is 5. The molecular formula is C22H26FN9O12P2. The predicted molar refractivity (Wildman–Crippen MR) is 148 cm³/mol. The number of ether oxygens (including phenoxy) is 3. The first-order valence-corrected chi connectivity index (χ1v) is 16.8. The second kappa shape index (κ2) is 11.5. The quantitative estimate of drug-likeness (QED) is 0.164. The van der Waals surface area contributed by atoms with Gasteiger partial charge in [0.1, 0.15) is 54.5 Å². The molecular weight excluding hydrogens is 663 g/mol. The lowest BCUT2D eigenvalue weighted by Crippen LogP contribution is -2.37. The molecule has 0 spiro atoms. The molecule has 0 saturated carbocycles. The Hall–Kier alpha value is -3.27. The SMILES string of the molecule is Cc1nc2c(ncn2[C@@H]2O[C@@H]3COP(=O)(O)OC4[C@@H](O)[C@@H](COP(=O)(O)CO[C@@H]3C2F)O[C@H]4n2cnc3c(N)ncnc32)c(=O)[nH]1. The average molecular weight is 689 g/mol. The smallest absolute Gasteiger partial charge is 0.387 e. The van der Waals surface area contributed by atoms with E-state index in [0.29, 0.717) is 0 Å². The van der Waals surface area contributed by atoms with Crippen LogP contribution in [0.15, 0.2) is 23.8 Å². The van der Waals surface area contributed by atoms with E-state index in [4.69, 9.17) is 33.5 Å². The third kappa shape index (κ3) is 5.54. The van der Waals surface area contributed by atoms with Crippen LogP contribution in [-0.4, -0.2) is 110 Å². The molecule has 7 rings (SSSR count). The van der Waals surface area contributed by atoms with Gasteiger partial charge in [-0.25, -0.2) is 33.9 Å². The molecule has 2 bridgehead atoms. The van der Waals surface area contributed by atoms with Crippen molar-refractivity contribution in [2.24, 2.45) is 0 Å². The van der Waals surface area contributed by atoms with Crippen molar-refractivity contribution in [1.29, 1.82) is 0 Å². The highest BCUT2D eigenvalue weighted by molar-refractivity contribution is 7.52. The van der Waals surface area contributed by atoms with Crippen molar-refractivity contribution >= 4 is 43.6 Å². The number of aromatic nitrogens is 8. The number of hydrogen-bond acceptors (Lipinski definition) is 16. The highest BCUT2D eigenvalue weighted by Gasteiger charge is 2.53. The van der Waals surface area contributed by atoms with Crippen molar-refractivity contribution < 1.29 is 56.2 Å². The number of anilines is 1. The van der Waals surface area contributed by atoms with Gasteiger partial charge in [0.05, 0.1) is 25.9 Å². The lowest BCUT2D eigenvalue weighted by atomic mass is 10.1. The number of H-pyrrole nitrogens is 1. The van der Waals surface area contributed by atoms with Crippen molar-refractivity contribution in [1.82, 2.24) is 39.0 Å². The Morgan fingerprint density at radius 3 is 2.46 bits per heavy atom. The standard InChI is InChI=1S/C22H26FN9O12P2/c1-8-29-19-13(20(34)30-8)28-6-32(19)21-11(23)15-10(43-21)3-41-46(37,38)44-16-14(33)9(2-40-45(35,36)7-39-15)42-22(16)31-5-27-12-17(24)25-4-26-18(12)31/h4-6,9-11,14-16,21-22,33H,2-3,7H2,1H3,(H,35,36)(H,37,38)(H2,24,25,26)(H,29,30,34)/t9-,10-,11?,14+,15+,16?,21-,22-/m1/s1. The summed E-state index contributed by atoms with van der Waals surface area (Å²) in [6, 6.07) is 0. The number of alkyl halides is 1. The summed E-state index contributed by atoms with van der Waals surface area (Å²) >= 11 is 0. The maximum absolute atomic E-state index is 16.0. The summed E-state index contributed by atoms with van der Waals surface area (Å²) in [4.78, 5) is 56.2. The number of rotatable bonds is 2. The fraction of sp³-hybridized carbons (Fsp3) is 0.545. The van der Waals surface area contributed by atoms with Crippen LogP contribution in [-0.2, 0) is 36.9 Å². The molecule has 3 aliphatic rings. The molecule has 21 nitrogen and oxygen atoms in total. The number of aliphatic hydroxyl groups is 1. The molecule has 0 aromatic carbocycles. The molecule has 24 heteroatoms. The number of halogens is 1. The number of nitrogens with zero attached hydrogens (tertiary/aromatic N) is 7. The van der Waals surface area contributed by atoms with Crippen LogP contribution in [0.3, 0.4) is 0 Å². The Balaban J connectivity index is 1.20. The second-order valence-corrected chi connectivity index (χ2v) is 13.8. The van der Waals surface area contributed by atoms with Crippen LogP contribution in [0.4, 0.5) is 10.2 Å². The zero-order valence-electron chi connectivity index (χ0n) is 23.5.